The first-order chi connectivity index (χ1) is 13.2. The summed E-state index contributed by atoms with van der Waals surface area (Å²) in [6.45, 7) is 1.68. The second-order valence-corrected chi connectivity index (χ2v) is 6.38. The molecular formula is C20H23N5O2. The van der Waals surface area contributed by atoms with Crippen LogP contribution in [0, 0.1) is 0 Å². The molecule has 0 saturated heterocycles. The Morgan fingerprint density at radius 3 is 2.74 bits per heavy atom. The zero-order chi connectivity index (χ0) is 18.6. The molecule has 1 aromatic heterocycles. The summed E-state index contributed by atoms with van der Waals surface area (Å²) in [5.74, 6) is 3.21. The maximum absolute atomic E-state index is 5.96. The summed E-state index contributed by atoms with van der Waals surface area (Å²) in [5.41, 5.74) is 2.11. The summed E-state index contributed by atoms with van der Waals surface area (Å²) < 4.78 is 13.8. The molecule has 7 nitrogen and oxygen atoms in total. The van der Waals surface area contributed by atoms with Crippen molar-refractivity contribution in [2.75, 3.05) is 20.2 Å². The monoisotopic (exact) mass is 365 g/mol. The standard InChI is InChI=1S/C20H23N5O2/c1-21-20(22-11-14-13-26-17-9-5-6-10-18(17)27-14)23-12-19-24-15-7-3-4-8-16(15)25(19)2/h3-10,14H,11-13H2,1-2H3,(H2,21,22,23). The maximum Gasteiger partial charge on any atom is 0.191 e. The minimum Gasteiger partial charge on any atom is -0.486 e. The molecule has 3 aromatic rings. The molecule has 1 aliphatic rings. The minimum atomic E-state index is -0.0748. The summed E-state index contributed by atoms with van der Waals surface area (Å²) in [6.07, 6.45) is -0.0748. The highest BCUT2D eigenvalue weighted by molar-refractivity contribution is 5.80. The van der Waals surface area contributed by atoms with Crippen molar-refractivity contribution >= 4 is 17.0 Å². The van der Waals surface area contributed by atoms with Gasteiger partial charge in [0, 0.05) is 14.1 Å². The number of benzene rings is 2. The van der Waals surface area contributed by atoms with Gasteiger partial charge < -0.3 is 24.7 Å². The van der Waals surface area contributed by atoms with Gasteiger partial charge in [0.2, 0.25) is 0 Å². The number of aliphatic imine (C=N–C) groups is 1. The number of nitrogens with one attached hydrogen (secondary N) is 2. The molecule has 4 rings (SSSR count). The van der Waals surface area contributed by atoms with Gasteiger partial charge in [-0.3, -0.25) is 4.99 Å². The SMILES string of the molecule is CN=C(NCc1nc2ccccc2n1C)NCC1COc2ccccc2O1. The van der Waals surface area contributed by atoms with Gasteiger partial charge in [0.25, 0.3) is 0 Å². The van der Waals surface area contributed by atoms with Crippen LogP contribution in [0.5, 0.6) is 11.5 Å². The number of aromatic nitrogens is 2. The van der Waals surface area contributed by atoms with E-state index < -0.39 is 0 Å². The van der Waals surface area contributed by atoms with E-state index in [0.29, 0.717) is 25.7 Å². The zero-order valence-corrected chi connectivity index (χ0v) is 15.5. The highest BCUT2D eigenvalue weighted by Crippen LogP contribution is 2.30. The maximum atomic E-state index is 5.96. The van der Waals surface area contributed by atoms with E-state index in [1.54, 1.807) is 7.05 Å². The molecule has 2 N–H and O–H groups in total. The summed E-state index contributed by atoms with van der Waals surface area (Å²) in [5, 5.41) is 6.60. The lowest BCUT2D eigenvalue weighted by Crippen LogP contribution is -2.45. The van der Waals surface area contributed by atoms with Crippen LogP contribution >= 0.6 is 0 Å². The molecule has 0 saturated carbocycles. The number of rotatable bonds is 4. The summed E-state index contributed by atoms with van der Waals surface area (Å²) in [7, 11) is 3.77. The highest BCUT2D eigenvalue weighted by Gasteiger charge is 2.20. The topological polar surface area (TPSA) is 72.7 Å². The van der Waals surface area contributed by atoms with Crippen LogP contribution in [-0.4, -0.2) is 41.8 Å². The highest BCUT2D eigenvalue weighted by atomic mass is 16.6. The average molecular weight is 365 g/mol. The van der Waals surface area contributed by atoms with Crippen molar-refractivity contribution in [1.82, 2.24) is 20.2 Å². The molecule has 1 unspecified atom stereocenters. The number of para-hydroxylation sites is 4. The van der Waals surface area contributed by atoms with Crippen LogP contribution in [0.3, 0.4) is 0 Å². The number of imidazole rings is 1. The number of aryl methyl sites for hydroxylation is 1. The van der Waals surface area contributed by atoms with E-state index in [0.717, 1.165) is 28.4 Å². The van der Waals surface area contributed by atoms with E-state index in [2.05, 4.69) is 31.2 Å². The fourth-order valence-electron chi connectivity index (χ4n) is 3.11. The second kappa shape index (κ2) is 7.57. The molecular weight excluding hydrogens is 342 g/mol. The van der Waals surface area contributed by atoms with Crippen molar-refractivity contribution < 1.29 is 9.47 Å². The lowest BCUT2D eigenvalue weighted by Gasteiger charge is -2.27. The number of guanidine groups is 1. The van der Waals surface area contributed by atoms with E-state index >= 15 is 0 Å². The van der Waals surface area contributed by atoms with E-state index in [1.165, 1.54) is 0 Å². The minimum absolute atomic E-state index is 0.0748. The fourth-order valence-corrected chi connectivity index (χ4v) is 3.11. The van der Waals surface area contributed by atoms with Crippen molar-refractivity contribution in [2.45, 2.75) is 12.6 Å². The van der Waals surface area contributed by atoms with Crippen LogP contribution < -0.4 is 20.1 Å². The largest absolute Gasteiger partial charge is 0.486 e. The first-order valence-corrected chi connectivity index (χ1v) is 8.98. The lowest BCUT2D eigenvalue weighted by atomic mass is 10.2. The van der Waals surface area contributed by atoms with Gasteiger partial charge in [-0.25, -0.2) is 4.98 Å². The molecule has 0 fully saturated rings. The Balaban J connectivity index is 1.33. The van der Waals surface area contributed by atoms with Gasteiger partial charge in [-0.05, 0) is 24.3 Å². The Morgan fingerprint density at radius 1 is 1.15 bits per heavy atom. The molecule has 7 heteroatoms. The van der Waals surface area contributed by atoms with E-state index in [1.807, 2.05) is 49.5 Å². The van der Waals surface area contributed by atoms with Crippen LogP contribution in [0.25, 0.3) is 11.0 Å². The van der Waals surface area contributed by atoms with Crippen molar-refractivity contribution in [1.29, 1.82) is 0 Å². The van der Waals surface area contributed by atoms with E-state index in [9.17, 15) is 0 Å². The van der Waals surface area contributed by atoms with Crippen molar-refractivity contribution in [2.24, 2.45) is 12.0 Å². The van der Waals surface area contributed by atoms with Gasteiger partial charge in [-0.1, -0.05) is 24.3 Å². The van der Waals surface area contributed by atoms with Crippen LogP contribution in [0.4, 0.5) is 0 Å². The summed E-state index contributed by atoms with van der Waals surface area (Å²) in [4.78, 5) is 8.94. The van der Waals surface area contributed by atoms with Gasteiger partial charge in [0.1, 0.15) is 18.5 Å². The molecule has 1 atom stereocenters. The first kappa shape index (κ1) is 17.2. The third-order valence-electron chi connectivity index (χ3n) is 4.58. The Morgan fingerprint density at radius 2 is 1.93 bits per heavy atom. The fraction of sp³-hybridized carbons (Fsp3) is 0.300. The number of ether oxygens (including phenoxy) is 2. The lowest BCUT2D eigenvalue weighted by molar-refractivity contribution is 0.0936. The summed E-state index contributed by atoms with van der Waals surface area (Å²) in [6, 6.07) is 15.8. The second-order valence-electron chi connectivity index (χ2n) is 6.38. The van der Waals surface area contributed by atoms with E-state index in [4.69, 9.17) is 9.47 Å². The Hall–Kier alpha value is -3.22. The molecule has 0 bridgehead atoms. The van der Waals surface area contributed by atoms with Crippen LogP contribution in [0.1, 0.15) is 5.82 Å². The van der Waals surface area contributed by atoms with Crippen molar-refractivity contribution in [3.8, 4) is 11.5 Å². The number of nitrogens with zero attached hydrogens (tertiary/aromatic N) is 3. The average Bonchev–Trinajstić information content (AvgIpc) is 3.04. The number of fused-ring (bicyclic) bond motifs is 2. The molecule has 0 aliphatic carbocycles. The van der Waals surface area contributed by atoms with Gasteiger partial charge in [-0.2, -0.15) is 0 Å². The number of hydrogen-bond acceptors (Lipinski definition) is 4. The predicted molar refractivity (Wildman–Crippen MR) is 105 cm³/mol. The van der Waals surface area contributed by atoms with E-state index in [-0.39, 0.29) is 6.10 Å². The summed E-state index contributed by atoms with van der Waals surface area (Å²) >= 11 is 0. The van der Waals surface area contributed by atoms with Crippen molar-refractivity contribution in [3.05, 3.63) is 54.4 Å². The predicted octanol–water partition coefficient (Wildman–Crippen LogP) is 2.08. The molecule has 2 aromatic carbocycles. The quantitative estimate of drug-likeness (QED) is 0.547. The zero-order valence-electron chi connectivity index (χ0n) is 15.5. The van der Waals surface area contributed by atoms with Crippen LogP contribution in [0.15, 0.2) is 53.5 Å². The molecule has 0 amide bonds. The molecule has 27 heavy (non-hydrogen) atoms. The van der Waals surface area contributed by atoms with Crippen LogP contribution in [0.2, 0.25) is 0 Å². The third-order valence-corrected chi connectivity index (χ3v) is 4.58. The molecule has 140 valence electrons. The normalized spacial score (nSPS) is 16.4. The Bertz CT molecular complexity index is 966. The molecule has 1 aliphatic heterocycles. The first-order valence-electron chi connectivity index (χ1n) is 8.98. The van der Waals surface area contributed by atoms with Gasteiger partial charge in [0.05, 0.1) is 24.1 Å². The third kappa shape index (κ3) is 3.67. The van der Waals surface area contributed by atoms with Crippen LogP contribution in [-0.2, 0) is 13.6 Å². The molecule has 0 spiro atoms. The van der Waals surface area contributed by atoms with Gasteiger partial charge >= 0.3 is 0 Å². The molecule has 2 heterocycles. The Kier molecular flexibility index (Phi) is 4.82. The van der Waals surface area contributed by atoms with Gasteiger partial charge in [0.15, 0.2) is 17.5 Å². The Labute approximate surface area is 158 Å². The van der Waals surface area contributed by atoms with Crippen molar-refractivity contribution in [3.63, 3.8) is 0 Å². The molecule has 0 radical (unpaired) electrons. The number of hydrogen-bond donors (Lipinski definition) is 2. The van der Waals surface area contributed by atoms with Gasteiger partial charge in [-0.15, -0.1) is 0 Å². The smallest absolute Gasteiger partial charge is 0.191 e.